The summed E-state index contributed by atoms with van der Waals surface area (Å²) in [5.74, 6) is 1.37. The number of amides is 1. The monoisotopic (exact) mass is 434 g/mol. The number of H-pyrrole nitrogens is 1. The summed E-state index contributed by atoms with van der Waals surface area (Å²) >= 11 is 0. The molecule has 0 saturated carbocycles. The van der Waals surface area contributed by atoms with Crippen LogP contribution in [0.2, 0.25) is 0 Å². The molecule has 2 aromatic carbocycles. The van der Waals surface area contributed by atoms with Gasteiger partial charge >= 0.3 is 0 Å². The van der Waals surface area contributed by atoms with Crippen molar-refractivity contribution in [3.05, 3.63) is 70.6 Å². The lowest BCUT2D eigenvalue weighted by molar-refractivity contribution is 0.0706. The fraction of sp³-hybridized carbons (Fsp3) is 0.0909. The Kier molecular flexibility index (Phi) is 5.69. The summed E-state index contributed by atoms with van der Waals surface area (Å²) < 4.78 is 16.2. The van der Waals surface area contributed by atoms with Crippen LogP contribution in [-0.2, 0) is 0 Å². The van der Waals surface area contributed by atoms with E-state index in [-0.39, 0.29) is 17.0 Å². The molecule has 0 aliphatic carbocycles. The summed E-state index contributed by atoms with van der Waals surface area (Å²) in [4.78, 5) is 35.3. The van der Waals surface area contributed by atoms with Gasteiger partial charge in [-0.15, -0.1) is 0 Å². The normalized spacial score (nSPS) is 10.6. The van der Waals surface area contributed by atoms with Gasteiger partial charge in [0, 0.05) is 30.0 Å². The minimum absolute atomic E-state index is 0.190. The van der Waals surface area contributed by atoms with Crippen LogP contribution >= 0.6 is 0 Å². The number of nitrogens with one attached hydrogen (secondary N) is 2. The van der Waals surface area contributed by atoms with Crippen molar-refractivity contribution >= 4 is 16.8 Å². The molecular formula is C22H18N4O6. The van der Waals surface area contributed by atoms with Gasteiger partial charge < -0.3 is 19.2 Å². The van der Waals surface area contributed by atoms with E-state index in [9.17, 15) is 9.59 Å². The first-order valence-corrected chi connectivity index (χ1v) is 9.37. The molecule has 0 fully saturated rings. The number of hydroxylamine groups is 1. The van der Waals surface area contributed by atoms with E-state index in [1.54, 1.807) is 36.4 Å². The third-order valence-corrected chi connectivity index (χ3v) is 4.65. The predicted molar refractivity (Wildman–Crippen MR) is 114 cm³/mol. The van der Waals surface area contributed by atoms with Gasteiger partial charge in [-0.2, -0.15) is 0 Å². The van der Waals surface area contributed by atoms with Crippen LogP contribution in [0, 0.1) is 0 Å². The number of methoxy groups -OCH3 is 2. The van der Waals surface area contributed by atoms with Gasteiger partial charge in [0.25, 0.3) is 11.5 Å². The molecule has 4 aromatic rings. The highest BCUT2D eigenvalue weighted by atomic mass is 16.5. The van der Waals surface area contributed by atoms with Crippen molar-refractivity contribution < 1.29 is 24.2 Å². The molecule has 162 valence electrons. The second-order valence-electron chi connectivity index (χ2n) is 6.59. The van der Waals surface area contributed by atoms with Crippen molar-refractivity contribution in [1.82, 2.24) is 20.4 Å². The molecule has 0 atom stereocenters. The summed E-state index contributed by atoms with van der Waals surface area (Å²) in [5, 5.41) is 8.98. The predicted octanol–water partition coefficient (Wildman–Crippen LogP) is 2.91. The smallest absolute Gasteiger partial charge is 0.276 e. The molecule has 0 bridgehead atoms. The Balaban J connectivity index is 1.61. The summed E-state index contributed by atoms with van der Waals surface area (Å²) in [5.41, 5.74) is 2.50. The van der Waals surface area contributed by atoms with Crippen LogP contribution in [0.1, 0.15) is 10.4 Å². The maximum Gasteiger partial charge on any atom is 0.276 e. The number of carbonyl (C=O) groups excluding carboxylic acids is 1. The van der Waals surface area contributed by atoms with Crippen molar-refractivity contribution in [2.45, 2.75) is 0 Å². The van der Waals surface area contributed by atoms with E-state index >= 15 is 0 Å². The van der Waals surface area contributed by atoms with Gasteiger partial charge in [-0.25, -0.2) is 15.4 Å². The van der Waals surface area contributed by atoms with Crippen LogP contribution in [0.25, 0.3) is 22.3 Å². The van der Waals surface area contributed by atoms with E-state index in [1.807, 2.05) is 0 Å². The first kappa shape index (κ1) is 20.8. The quantitative estimate of drug-likeness (QED) is 0.311. The molecule has 10 heteroatoms. The zero-order chi connectivity index (χ0) is 22.7. The summed E-state index contributed by atoms with van der Waals surface area (Å²) in [6.45, 7) is 0. The lowest BCUT2D eigenvalue weighted by Gasteiger charge is -2.10. The minimum Gasteiger partial charge on any atom is -0.497 e. The Bertz CT molecular complexity index is 1330. The van der Waals surface area contributed by atoms with Gasteiger partial charge in [0.15, 0.2) is 0 Å². The Labute approximate surface area is 181 Å². The van der Waals surface area contributed by atoms with E-state index in [2.05, 4.69) is 15.0 Å². The Morgan fingerprint density at radius 2 is 1.81 bits per heavy atom. The number of benzene rings is 2. The fourth-order valence-electron chi connectivity index (χ4n) is 3.07. The van der Waals surface area contributed by atoms with Gasteiger partial charge in [0.05, 0.1) is 25.3 Å². The van der Waals surface area contributed by atoms with Crippen molar-refractivity contribution in [3.63, 3.8) is 0 Å². The SMILES string of the molecule is COc1cc(OC)c2c(=O)[nH]c(-c3ccc(Oc4ccc(C(=O)NO)cn4)cc3)nc2c1. The Hall–Kier alpha value is -4.44. The number of aromatic amines is 1. The molecule has 0 aliphatic rings. The second kappa shape index (κ2) is 8.74. The number of pyridine rings is 1. The van der Waals surface area contributed by atoms with Crippen LogP contribution < -0.4 is 25.2 Å². The number of carbonyl (C=O) groups is 1. The fourth-order valence-corrected chi connectivity index (χ4v) is 3.07. The van der Waals surface area contributed by atoms with Crippen molar-refractivity contribution in [2.75, 3.05) is 14.2 Å². The van der Waals surface area contributed by atoms with Gasteiger partial charge in [-0.1, -0.05) is 0 Å². The maximum atomic E-state index is 12.7. The molecule has 0 unspecified atom stereocenters. The molecular weight excluding hydrogens is 416 g/mol. The van der Waals surface area contributed by atoms with E-state index < -0.39 is 5.91 Å². The van der Waals surface area contributed by atoms with Crippen LogP contribution in [0.5, 0.6) is 23.1 Å². The van der Waals surface area contributed by atoms with Gasteiger partial charge in [0.1, 0.15) is 28.5 Å². The highest BCUT2D eigenvalue weighted by Gasteiger charge is 2.13. The standard InChI is InChI=1S/C22H18N4O6/c1-30-15-9-16-19(17(10-15)31-2)22(28)25-20(24-16)12-3-6-14(7-4-12)32-18-8-5-13(11-23-18)21(27)26-29/h3-11,29H,1-2H3,(H,26,27)(H,24,25,28). The average molecular weight is 434 g/mol. The van der Waals surface area contributed by atoms with Crippen LogP contribution in [0.4, 0.5) is 0 Å². The van der Waals surface area contributed by atoms with Crippen LogP contribution in [0.15, 0.2) is 59.5 Å². The lowest BCUT2D eigenvalue weighted by atomic mass is 10.1. The number of aromatic nitrogens is 3. The number of ether oxygens (including phenoxy) is 3. The molecule has 32 heavy (non-hydrogen) atoms. The van der Waals surface area contributed by atoms with Crippen LogP contribution in [0.3, 0.4) is 0 Å². The van der Waals surface area contributed by atoms with E-state index in [0.717, 1.165) is 0 Å². The third-order valence-electron chi connectivity index (χ3n) is 4.65. The highest BCUT2D eigenvalue weighted by Crippen LogP contribution is 2.29. The second-order valence-corrected chi connectivity index (χ2v) is 6.59. The number of hydrogen-bond acceptors (Lipinski definition) is 8. The zero-order valence-electron chi connectivity index (χ0n) is 17.1. The summed E-state index contributed by atoms with van der Waals surface area (Å²) in [6.07, 6.45) is 1.28. The van der Waals surface area contributed by atoms with E-state index in [4.69, 9.17) is 19.4 Å². The number of nitrogens with zero attached hydrogens (tertiary/aromatic N) is 2. The lowest BCUT2D eigenvalue weighted by Crippen LogP contribution is -2.18. The number of fused-ring (bicyclic) bond motifs is 1. The first-order chi connectivity index (χ1) is 15.5. The number of rotatable bonds is 6. The molecule has 0 radical (unpaired) electrons. The van der Waals surface area contributed by atoms with Gasteiger partial charge in [-0.3, -0.25) is 14.8 Å². The third kappa shape index (κ3) is 4.07. The molecule has 2 aromatic heterocycles. The Morgan fingerprint density at radius 3 is 2.44 bits per heavy atom. The molecule has 0 aliphatic heterocycles. The molecule has 2 heterocycles. The maximum absolute atomic E-state index is 12.7. The number of hydrogen-bond donors (Lipinski definition) is 3. The van der Waals surface area contributed by atoms with Gasteiger partial charge in [0.2, 0.25) is 5.88 Å². The molecule has 10 nitrogen and oxygen atoms in total. The van der Waals surface area contributed by atoms with E-state index in [0.29, 0.717) is 39.5 Å². The molecule has 3 N–H and O–H groups in total. The zero-order valence-corrected chi connectivity index (χ0v) is 17.1. The summed E-state index contributed by atoms with van der Waals surface area (Å²) in [7, 11) is 3.00. The van der Waals surface area contributed by atoms with Crippen LogP contribution in [-0.4, -0.2) is 40.3 Å². The molecule has 0 spiro atoms. The van der Waals surface area contributed by atoms with E-state index in [1.165, 1.54) is 38.0 Å². The van der Waals surface area contributed by atoms with Crippen molar-refractivity contribution in [1.29, 1.82) is 0 Å². The topological polar surface area (TPSA) is 136 Å². The first-order valence-electron chi connectivity index (χ1n) is 9.37. The molecule has 4 rings (SSSR count). The van der Waals surface area contributed by atoms with Crippen molar-refractivity contribution in [3.8, 4) is 34.5 Å². The molecule has 1 amide bonds. The average Bonchev–Trinajstić information content (AvgIpc) is 2.83. The van der Waals surface area contributed by atoms with Crippen molar-refractivity contribution in [2.24, 2.45) is 0 Å². The molecule has 0 saturated heterocycles. The highest BCUT2D eigenvalue weighted by molar-refractivity contribution is 5.93. The Morgan fingerprint density at radius 1 is 1.03 bits per heavy atom. The minimum atomic E-state index is -0.666. The van der Waals surface area contributed by atoms with Gasteiger partial charge in [-0.05, 0) is 30.3 Å². The summed E-state index contributed by atoms with van der Waals surface area (Å²) in [6, 6.07) is 13.1. The largest absolute Gasteiger partial charge is 0.497 e.